The van der Waals surface area contributed by atoms with Crippen LogP contribution in [0.5, 0.6) is 23.0 Å². The summed E-state index contributed by atoms with van der Waals surface area (Å²) >= 11 is 0. The molecule has 8 heteroatoms. The van der Waals surface area contributed by atoms with Crippen molar-refractivity contribution in [2.75, 3.05) is 19.0 Å². The summed E-state index contributed by atoms with van der Waals surface area (Å²) in [6, 6.07) is 16.8. The fraction of sp³-hybridized carbons (Fsp3) is 0.0833. The normalized spacial score (nSPS) is 10.6. The fourth-order valence-electron chi connectivity index (χ4n) is 2.90. The highest BCUT2D eigenvalue weighted by Gasteiger charge is 2.11. The zero-order chi connectivity index (χ0) is 22.5. The monoisotopic (exact) mass is 435 g/mol. The number of carbonyl (C=O) groups excluding carboxylic acids is 1. The average Bonchev–Trinajstić information content (AvgIpc) is 2.81. The predicted molar refractivity (Wildman–Crippen MR) is 116 cm³/mol. The number of carbonyl (C=O) groups is 1. The van der Waals surface area contributed by atoms with E-state index in [1.165, 1.54) is 42.7 Å². The maximum absolute atomic E-state index is 12.9. The molecule has 7 nitrogen and oxygen atoms in total. The Hall–Kier alpha value is -4.33. The number of rotatable bonds is 7. The third kappa shape index (κ3) is 4.86. The van der Waals surface area contributed by atoms with Crippen molar-refractivity contribution in [1.82, 2.24) is 0 Å². The Balaban J connectivity index is 1.43. The third-order valence-corrected chi connectivity index (χ3v) is 4.50. The molecule has 0 bridgehead atoms. The van der Waals surface area contributed by atoms with E-state index in [4.69, 9.17) is 18.6 Å². The molecule has 1 amide bonds. The highest BCUT2D eigenvalue weighted by Crippen LogP contribution is 2.25. The highest BCUT2D eigenvalue weighted by atomic mass is 19.1. The van der Waals surface area contributed by atoms with E-state index in [-0.39, 0.29) is 23.4 Å². The second-order valence-electron chi connectivity index (χ2n) is 6.71. The van der Waals surface area contributed by atoms with Crippen LogP contribution < -0.4 is 25.0 Å². The summed E-state index contributed by atoms with van der Waals surface area (Å²) in [5, 5.41) is 2.90. The fourth-order valence-corrected chi connectivity index (χ4v) is 2.90. The van der Waals surface area contributed by atoms with Gasteiger partial charge in [-0.05, 0) is 60.7 Å². The van der Waals surface area contributed by atoms with Crippen molar-refractivity contribution in [3.63, 3.8) is 0 Å². The molecule has 0 aliphatic carbocycles. The van der Waals surface area contributed by atoms with E-state index in [0.717, 1.165) is 0 Å². The maximum atomic E-state index is 12.9. The van der Waals surface area contributed by atoms with Crippen molar-refractivity contribution in [3.05, 3.63) is 89.0 Å². The Kier molecular flexibility index (Phi) is 6.03. The van der Waals surface area contributed by atoms with E-state index in [2.05, 4.69) is 5.32 Å². The molecule has 0 aliphatic heterocycles. The SMILES string of the molecule is COc1ccc(Oc2coc3cc(OCC(=O)Nc4ccc(F)cc4)ccc3c2=O)cc1. The number of amides is 1. The van der Waals surface area contributed by atoms with Gasteiger partial charge in [-0.1, -0.05) is 0 Å². The number of nitrogens with one attached hydrogen (secondary N) is 1. The Morgan fingerprint density at radius 1 is 0.969 bits per heavy atom. The van der Waals surface area contributed by atoms with Crippen LogP contribution in [0.1, 0.15) is 0 Å². The Morgan fingerprint density at radius 2 is 1.66 bits per heavy atom. The van der Waals surface area contributed by atoms with Gasteiger partial charge in [0.1, 0.15) is 34.9 Å². The van der Waals surface area contributed by atoms with Gasteiger partial charge < -0.3 is 23.9 Å². The lowest BCUT2D eigenvalue weighted by Crippen LogP contribution is -2.20. The van der Waals surface area contributed by atoms with E-state index in [9.17, 15) is 14.0 Å². The van der Waals surface area contributed by atoms with E-state index in [0.29, 0.717) is 28.3 Å². The molecular formula is C24H18FNO6. The standard InChI is InChI=1S/C24H18FNO6/c1-29-17-6-8-18(9-7-17)32-22-13-31-21-12-19(10-11-20(21)24(22)28)30-14-23(27)26-16-4-2-15(25)3-5-16/h2-13H,14H2,1H3,(H,26,27). The molecule has 162 valence electrons. The topological polar surface area (TPSA) is 87.0 Å². The van der Waals surface area contributed by atoms with Gasteiger partial charge in [0.2, 0.25) is 11.2 Å². The molecule has 0 radical (unpaired) electrons. The molecule has 0 atom stereocenters. The van der Waals surface area contributed by atoms with Gasteiger partial charge in [0, 0.05) is 11.8 Å². The van der Waals surface area contributed by atoms with Crippen LogP contribution >= 0.6 is 0 Å². The summed E-state index contributed by atoms with van der Waals surface area (Å²) in [4.78, 5) is 24.7. The largest absolute Gasteiger partial charge is 0.497 e. The minimum Gasteiger partial charge on any atom is -0.497 e. The number of methoxy groups -OCH3 is 1. The van der Waals surface area contributed by atoms with Crippen LogP contribution in [0.15, 0.2) is 82.2 Å². The van der Waals surface area contributed by atoms with Gasteiger partial charge in [0.05, 0.1) is 12.5 Å². The van der Waals surface area contributed by atoms with Crippen LogP contribution in [0.4, 0.5) is 10.1 Å². The Morgan fingerprint density at radius 3 is 2.38 bits per heavy atom. The molecule has 0 spiro atoms. The van der Waals surface area contributed by atoms with Crippen LogP contribution in [0.3, 0.4) is 0 Å². The van der Waals surface area contributed by atoms with Crippen molar-refractivity contribution < 1.29 is 27.8 Å². The predicted octanol–water partition coefficient (Wildman–Crippen LogP) is 4.75. The average molecular weight is 435 g/mol. The molecule has 3 aromatic carbocycles. The van der Waals surface area contributed by atoms with Crippen molar-refractivity contribution in [3.8, 4) is 23.0 Å². The van der Waals surface area contributed by atoms with Gasteiger partial charge in [0.15, 0.2) is 6.61 Å². The van der Waals surface area contributed by atoms with Crippen LogP contribution in [-0.4, -0.2) is 19.6 Å². The zero-order valence-electron chi connectivity index (χ0n) is 17.0. The van der Waals surface area contributed by atoms with Crippen molar-refractivity contribution in [2.24, 2.45) is 0 Å². The first-order chi connectivity index (χ1) is 15.5. The van der Waals surface area contributed by atoms with E-state index < -0.39 is 11.7 Å². The first-order valence-corrected chi connectivity index (χ1v) is 9.57. The quantitative estimate of drug-likeness (QED) is 0.451. The van der Waals surface area contributed by atoms with Gasteiger partial charge in [0.25, 0.3) is 5.91 Å². The smallest absolute Gasteiger partial charge is 0.262 e. The van der Waals surface area contributed by atoms with Gasteiger partial charge in [-0.2, -0.15) is 0 Å². The van der Waals surface area contributed by atoms with E-state index in [1.54, 1.807) is 37.4 Å². The molecule has 4 rings (SSSR count). The highest BCUT2D eigenvalue weighted by molar-refractivity contribution is 5.91. The van der Waals surface area contributed by atoms with Gasteiger partial charge >= 0.3 is 0 Å². The number of ether oxygens (including phenoxy) is 3. The van der Waals surface area contributed by atoms with E-state index in [1.807, 2.05) is 0 Å². The summed E-state index contributed by atoms with van der Waals surface area (Å²) < 4.78 is 34.6. The summed E-state index contributed by atoms with van der Waals surface area (Å²) in [6.07, 6.45) is 1.22. The molecule has 0 saturated heterocycles. The molecule has 0 fully saturated rings. The lowest BCUT2D eigenvalue weighted by molar-refractivity contribution is -0.118. The molecule has 1 N–H and O–H groups in total. The van der Waals surface area contributed by atoms with Crippen molar-refractivity contribution in [2.45, 2.75) is 0 Å². The van der Waals surface area contributed by atoms with Crippen molar-refractivity contribution in [1.29, 1.82) is 0 Å². The molecule has 4 aromatic rings. The zero-order valence-corrected chi connectivity index (χ0v) is 17.0. The minimum atomic E-state index is -0.415. The molecule has 0 saturated carbocycles. The van der Waals surface area contributed by atoms with Crippen LogP contribution in [0.2, 0.25) is 0 Å². The number of halogens is 1. The molecular weight excluding hydrogens is 417 g/mol. The third-order valence-electron chi connectivity index (χ3n) is 4.50. The number of hydrogen-bond donors (Lipinski definition) is 1. The van der Waals surface area contributed by atoms with Crippen molar-refractivity contribution >= 4 is 22.6 Å². The minimum absolute atomic E-state index is 0.0370. The summed E-state index contributed by atoms with van der Waals surface area (Å²) in [6.45, 7) is -0.272. The second kappa shape index (κ2) is 9.22. The maximum Gasteiger partial charge on any atom is 0.262 e. The number of fused-ring (bicyclic) bond motifs is 1. The van der Waals surface area contributed by atoms with Crippen LogP contribution in [0.25, 0.3) is 11.0 Å². The lowest BCUT2D eigenvalue weighted by Gasteiger charge is -2.09. The summed E-state index contributed by atoms with van der Waals surface area (Å²) in [7, 11) is 1.56. The Bertz CT molecular complexity index is 1300. The van der Waals surface area contributed by atoms with Gasteiger partial charge in [-0.3, -0.25) is 9.59 Å². The van der Waals surface area contributed by atoms with Crippen LogP contribution in [0, 0.1) is 5.82 Å². The summed E-state index contributed by atoms with van der Waals surface area (Å²) in [5.41, 5.74) is 0.394. The Labute approximate surface area is 182 Å². The summed E-state index contributed by atoms with van der Waals surface area (Å²) in [5.74, 6) is 0.705. The molecule has 0 unspecified atom stereocenters. The van der Waals surface area contributed by atoms with Gasteiger partial charge in [-0.15, -0.1) is 0 Å². The molecule has 0 aliphatic rings. The van der Waals surface area contributed by atoms with E-state index >= 15 is 0 Å². The molecule has 1 aromatic heterocycles. The second-order valence-corrected chi connectivity index (χ2v) is 6.71. The van der Waals surface area contributed by atoms with Crippen LogP contribution in [-0.2, 0) is 4.79 Å². The van der Waals surface area contributed by atoms with Gasteiger partial charge in [-0.25, -0.2) is 4.39 Å². The first-order valence-electron chi connectivity index (χ1n) is 9.57. The number of hydrogen-bond acceptors (Lipinski definition) is 6. The first kappa shape index (κ1) is 20.9. The lowest BCUT2D eigenvalue weighted by atomic mass is 10.2. The molecule has 32 heavy (non-hydrogen) atoms. The number of anilines is 1. The molecule has 1 heterocycles. The number of benzene rings is 3.